The smallest absolute Gasteiger partial charge is 0.125 e. The van der Waals surface area contributed by atoms with Crippen LogP contribution in [0.3, 0.4) is 0 Å². The highest BCUT2D eigenvalue weighted by Gasteiger charge is 1.72. The SMILES string of the molecule is CC(O)Cl.CO. The fourth-order valence-corrected chi connectivity index (χ4v) is 0. The topological polar surface area (TPSA) is 40.5 Å². The molecule has 0 aliphatic rings. The standard InChI is InChI=1S/C2H5ClO.CH4O/c1-2(3)4;1-2/h2,4H,1H3;2H,1H3. The number of alkyl halides is 1. The molecule has 0 saturated carbocycles. The molecule has 0 aliphatic heterocycles. The highest BCUT2D eigenvalue weighted by molar-refractivity contribution is 6.19. The van der Waals surface area contributed by atoms with Gasteiger partial charge >= 0.3 is 0 Å². The molecule has 40 valence electrons. The lowest BCUT2D eigenvalue weighted by molar-refractivity contribution is 0.277. The van der Waals surface area contributed by atoms with Crippen LogP contribution in [0.4, 0.5) is 0 Å². The summed E-state index contributed by atoms with van der Waals surface area (Å²) in [7, 11) is 1.00. The van der Waals surface area contributed by atoms with E-state index in [1.807, 2.05) is 0 Å². The second-order valence-electron chi connectivity index (χ2n) is 0.574. The van der Waals surface area contributed by atoms with E-state index in [0.29, 0.717) is 0 Å². The third-order valence-electron chi connectivity index (χ3n) is 0. The van der Waals surface area contributed by atoms with Gasteiger partial charge in [0, 0.05) is 7.11 Å². The van der Waals surface area contributed by atoms with Gasteiger partial charge in [0.15, 0.2) is 0 Å². The van der Waals surface area contributed by atoms with Gasteiger partial charge in [-0.3, -0.25) is 0 Å². The van der Waals surface area contributed by atoms with Crippen LogP contribution in [-0.2, 0) is 0 Å². The molecule has 0 amide bonds. The van der Waals surface area contributed by atoms with Crippen molar-refractivity contribution in [2.75, 3.05) is 7.11 Å². The molecule has 0 radical (unpaired) electrons. The van der Waals surface area contributed by atoms with E-state index in [0.717, 1.165) is 7.11 Å². The number of halogens is 1. The first-order chi connectivity index (χ1) is 2.73. The van der Waals surface area contributed by atoms with Crippen molar-refractivity contribution in [3.63, 3.8) is 0 Å². The predicted octanol–water partition coefficient (Wildman–Crippen LogP) is 0.172. The van der Waals surface area contributed by atoms with Crippen LogP contribution in [0.2, 0.25) is 0 Å². The summed E-state index contributed by atoms with van der Waals surface area (Å²) in [6.07, 6.45) is 0. The van der Waals surface area contributed by atoms with Crippen molar-refractivity contribution < 1.29 is 10.2 Å². The largest absolute Gasteiger partial charge is 0.400 e. The number of rotatable bonds is 0. The molecule has 6 heavy (non-hydrogen) atoms. The van der Waals surface area contributed by atoms with Gasteiger partial charge in [-0.05, 0) is 6.92 Å². The first kappa shape index (κ1) is 9.51. The van der Waals surface area contributed by atoms with Crippen LogP contribution in [-0.4, -0.2) is 22.9 Å². The Labute approximate surface area is 42.4 Å². The van der Waals surface area contributed by atoms with E-state index in [1.54, 1.807) is 0 Å². The Balaban J connectivity index is 0. The maximum atomic E-state index is 7.82. The van der Waals surface area contributed by atoms with E-state index in [9.17, 15) is 0 Å². The monoisotopic (exact) mass is 112 g/mol. The average molecular weight is 113 g/mol. The van der Waals surface area contributed by atoms with E-state index in [4.69, 9.17) is 21.8 Å². The van der Waals surface area contributed by atoms with Crippen LogP contribution >= 0.6 is 11.6 Å². The van der Waals surface area contributed by atoms with Gasteiger partial charge in [-0.25, -0.2) is 0 Å². The fraction of sp³-hybridized carbons (Fsp3) is 1.00. The highest BCUT2D eigenvalue weighted by Crippen LogP contribution is 1.79. The Hall–Kier alpha value is 0.210. The maximum Gasteiger partial charge on any atom is 0.125 e. The lowest BCUT2D eigenvalue weighted by atomic mass is 10.9. The summed E-state index contributed by atoms with van der Waals surface area (Å²) in [5.41, 5.74) is -0.694. The van der Waals surface area contributed by atoms with Crippen LogP contribution in [0.15, 0.2) is 0 Å². The van der Waals surface area contributed by atoms with Gasteiger partial charge in [0.05, 0.1) is 0 Å². The molecule has 0 rings (SSSR count). The van der Waals surface area contributed by atoms with E-state index in [-0.39, 0.29) is 0 Å². The molecule has 2 nitrogen and oxygen atoms in total. The minimum absolute atomic E-state index is 0.694. The molecular weight excluding hydrogens is 103 g/mol. The van der Waals surface area contributed by atoms with Gasteiger partial charge in [-0.1, -0.05) is 11.6 Å². The molecule has 1 unspecified atom stereocenters. The zero-order valence-electron chi connectivity index (χ0n) is 3.85. The molecule has 0 fully saturated rings. The van der Waals surface area contributed by atoms with E-state index in [1.165, 1.54) is 6.92 Å². The Kier molecular flexibility index (Phi) is 14.2. The summed E-state index contributed by atoms with van der Waals surface area (Å²) in [5.74, 6) is 0. The highest BCUT2D eigenvalue weighted by atomic mass is 35.5. The van der Waals surface area contributed by atoms with Crippen molar-refractivity contribution in [3.8, 4) is 0 Å². The van der Waals surface area contributed by atoms with Crippen molar-refractivity contribution >= 4 is 11.6 Å². The van der Waals surface area contributed by atoms with Gasteiger partial charge < -0.3 is 10.2 Å². The summed E-state index contributed by atoms with van der Waals surface area (Å²) < 4.78 is 0. The molecule has 0 heterocycles. The first-order valence-electron chi connectivity index (χ1n) is 1.50. The summed E-state index contributed by atoms with van der Waals surface area (Å²) >= 11 is 4.83. The van der Waals surface area contributed by atoms with Crippen molar-refractivity contribution in [3.05, 3.63) is 0 Å². The number of aliphatic hydroxyl groups excluding tert-OH is 2. The number of aliphatic hydroxyl groups is 2. The van der Waals surface area contributed by atoms with Crippen molar-refractivity contribution in [1.29, 1.82) is 0 Å². The third-order valence-corrected chi connectivity index (χ3v) is 0. The zero-order chi connectivity index (χ0) is 5.58. The molecule has 0 aromatic rings. The molecule has 0 aromatic heterocycles. The van der Waals surface area contributed by atoms with Crippen LogP contribution in [0.5, 0.6) is 0 Å². The Morgan fingerprint density at radius 3 is 1.50 bits per heavy atom. The molecule has 0 spiro atoms. The van der Waals surface area contributed by atoms with E-state index >= 15 is 0 Å². The van der Waals surface area contributed by atoms with Gasteiger partial charge in [-0.15, -0.1) is 0 Å². The van der Waals surface area contributed by atoms with Crippen molar-refractivity contribution in [2.24, 2.45) is 0 Å². The summed E-state index contributed by atoms with van der Waals surface area (Å²) in [5, 5.41) is 14.8. The van der Waals surface area contributed by atoms with Gasteiger partial charge in [0.1, 0.15) is 5.56 Å². The van der Waals surface area contributed by atoms with E-state index < -0.39 is 5.56 Å². The molecule has 3 heteroatoms. The Morgan fingerprint density at radius 2 is 1.50 bits per heavy atom. The molecular formula is C3H9ClO2. The molecule has 2 N–H and O–H groups in total. The molecule has 0 aliphatic carbocycles. The van der Waals surface area contributed by atoms with Gasteiger partial charge in [0.2, 0.25) is 0 Å². The van der Waals surface area contributed by atoms with Crippen LogP contribution in [0, 0.1) is 0 Å². The predicted molar refractivity (Wildman–Crippen MR) is 25.7 cm³/mol. The quantitative estimate of drug-likeness (QED) is 0.439. The third kappa shape index (κ3) is 984. The fourth-order valence-electron chi connectivity index (χ4n) is 0. The van der Waals surface area contributed by atoms with Crippen LogP contribution < -0.4 is 0 Å². The lowest BCUT2D eigenvalue weighted by Gasteiger charge is -1.77. The van der Waals surface area contributed by atoms with Crippen LogP contribution in [0.1, 0.15) is 6.92 Å². The normalized spacial score (nSPS) is 11.5. The van der Waals surface area contributed by atoms with Crippen molar-refractivity contribution in [1.82, 2.24) is 0 Å². The van der Waals surface area contributed by atoms with Crippen molar-refractivity contribution in [2.45, 2.75) is 12.5 Å². The first-order valence-corrected chi connectivity index (χ1v) is 1.94. The Morgan fingerprint density at radius 1 is 1.50 bits per heavy atom. The maximum absolute atomic E-state index is 7.82. The number of hydrogen-bond acceptors (Lipinski definition) is 2. The molecule has 0 saturated heterocycles. The summed E-state index contributed by atoms with van der Waals surface area (Å²) in [6, 6.07) is 0. The second-order valence-corrected chi connectivity index (χ2v) is 1.21. The lowest BCUT2D eigenvalue weighted by Crippen LogP contribution is -1.79. The van der Waals surface area contributed by atoms with Crippen LogP contribution in [0.25, 0.3) is 0 Å². The minimum Gasteiger partial charge on any atom is -0.400 e. The molecule has 0 aromatic carbocycles. The summed E-state index contributed by atoms with van der Waals surface area (Å²) in [6.45, 7) is 1.49. The molecule has 0 bridgehead atoms. The molecule has 1 atom stereocenters. The number of hydrogen-bond donors (Lipinski definition) is 2. The zero-order valence-corrected chi connectivity index (χ0v) is 4.61. The summed E-state index contributed by atoms with van der Waals surface area (Å²) in [4.78, 5) is 0. The van der Waals surface area contributed by atoms with E-state index in [2.05, 4.69) is 0 Å². The minimum atomic E-state index is -0.694. The average Bonchev–Trinajstić information content (AvgIpc) is 1.41. The van der Waals surface area contributed by atoms with Gasteiger partial charge in [-0.2, -0.15) is 0 Å². The Bertz CT molecular complexity index is 13.5. The van der Waals surface area contributed by atoms with Gasteiger partial charge in [0.25, 0.3) is 0 Å². The second kappa shape index (κ2) is 8.96.